The monoisotopic (exact) mass is 304 g/mol. The van der Waals surface area contributed by atoms with E-state index in [-0.39, 0.29) is 17.3 Å². The number of rotatable bonds is 4. The van der Waals surface area contributed by atoms with Crippen molar-refractivity contribution in [3.05, 3.63) is 47.1 Å². The molecule has 1 heterocycles. The van der Waals surface area contributed by atoms with Gasteiger partial charge < -0.3 is 10.2 Å². The third-order valence-electron chi connectivity index (χ3n) is 2.35. The van der Waals surface area contributed by atoms with Crippen LogP contribution in [0.5, 0.6) is 0 Å². The van der Waals surface area contributed by atoms with Crippen LogP contribution < -0.4 is 10.5 Å². The minimum atomic E-state index is -4.04. The summed E-state index contributed by atoms with van der Waals surface area (Å²) < 4.78 is 44.7. The average molecular weight is 305 g/mol. The Labute approximate surface area is 114 Å². The lowest BCUT2D eigenvalue weighted by Gasteiger charge is -2.08. The second kappa shape index (κ2) is 5.20. The Morgan fingerprint density at radius 1 is 1.42 bits per heavy atom. The van der Waals surface area contributed by atoms with Crippen LogP contribution in [-0.4, -0.2) is 8.42 Å². The van der Waals surface area contributed by atoms with Crippen molar-refractivity contribution in [3.63, 3.8) is 0 Å². The first kappa shape index (κ1) is 13.9. The highest BCUT2D eigenvalue weighted by atomic mass is 35.5. The molecule has 0 aliphatic carbocycles. The van der Waals surface area contributed by atoms with Crippen molar-refractivity contribution in [3.8, 4) is 0 Å². The number of hydrogen-bond donors (Lipinski definition) is 2. The van der Waals surface area contributed by atoms with Crippen LogP contribution in [0.4, 0.5) is 10.1 Å². The number of halogens is 2. The average Bonchev–Trinajstić information content (AvgIpc) is 2.84. The number of hydrogen-bond acceptors (Lipinski definition) is 4. The summed E-state index contributed by atoms with van der Waals surface area (Å²) in [4.78, 5) is -0.582. The van der Waals surface area contributed by atoms with Gasteiger partial charge in [-0.3, -0.25) is 0 Å². The first-order chi connectivity index (χ1) is 8.90. The smallest absolute Gasteiger partial charge is 0.243 e. The van der Waals surface area contributed by atoms with Crippen LogP contribution in [0.1, 0.15) is 5.56 Å². The fraction of sp³-hybridized carbons (Fsp3) is 0.0909. The predicted molar refractivity (Wildman–Crippen MR) is 68.6 cm³/mol. The molecular formula is C11H10ClFN2O3S. The van der Waals surface area contributed by atoms with E-state index in [1.165, 1.54) is 12.5 Å². The Balaban J connectivity index is 2.29. The molecule has 0 unspecified atom stereocenters. The van der Waals surface area contributed by atoms with Crippen LogP contribution in [0, 0.1) is 5.82 Å². The Morgan fingerprint density at radius 2 is 2.16 bits per heavy atom. The zero-order valence-electron chi connectivity index (χ0n) is 9.56. The number of anilines is 1. The van der Waals surface area contributed by atoms with Crippen LogP contribution in [0.2, 0.25) is 5.02 Å². The summed E-state index contributed by atoms with van der Waals surface area (Å²) in [6, 6.07) is 3.75. The zero-order chi connectivity index (χ0) is 14.0. The normalized spacial score (nSPS) is 11.7. The van der Waals surface area contributed by atoms with E-state index in [0.29, 0.717) is 5.56 Å². The van der Waals surface area contributed by atoms with Gasteiger partial charge in [-0.1, -0.05) is 11.6 Å². The molecule has 2 aromatic rings. The number of benzene rings is 1. The van der Waals surface area contributed by atoms with Gasteiger partial charge in [0.2, 0.25) is 10.0 Å². The molecule has 0 saturated heterocycles. The molecule has 19 heavy (non-hydrogen) atoms. The fourth-order valence-electron chi connectivity index (χ4n) is 1.43. The molecule has 0 saturated carbocycles. The lowest BCUT2D eigenvalue weighted by atomic mass is 10.3. The maximum absolute atomic E-state index is 13.7. The summed E-state index contributed by atoms with van der Waals surface area (Å²) in [7, 11) is -4.04. The number of nitrogen functional groups attached to an aromatic ring is 1. The van der Waals surface area contributed by atoms with Crippen molar-refractivity contribution >= 4 is 27.3 Å². The van der Waals surface area contributed by atoms with Gasteiger partial charge in [-0.05, 0) is 18.2 Å². The highest BCUT2D eigenvalue weighted by Gasteiger charge is 2.21. The molecule has 8 heteroatoms. The van der Waals surface area contributed by atoms with E-state index in [9.17, 15) is 12.8 Å². The van der Waals surface area contributed by atoms with Gasteiger partial charge in [0.1, 0.15) is 4.90 Å². The number of sulfonamides is 1. The molecule has 102 valence electrons. The van der Waals surface area contributed by atoms with E-state index >= 15 is 0 Å². The maximum atomic E-state index is 13.7. The fourth-order valence-corrected chi connectivity index (χ4v) is 2.86. The van der Waals surface area contributed by atoms with E-state index in [0.717, 1.165) is 12.1 Å². The first-order valence-corrected chi connectivity index (χ1v) is 7.01. The summed E-state index contributed by atoms with van der Waals surface area (Å²) in [5.41, 5.74) is 6.13. The summed E-state index contributed by atoms with van der Waals surface area (Å²) in [5, 5.41) is -0.344. The van der Waals surface area contributed by atoms with Gasteiger partial charge in [-0.15, -0.1) is 0 Å². The molecule has 5 nitrogen and oxygen atoms in total. The summed E-state index contributed by atoms with van der Waals surface area (Å²) in [5.74, 6) is -1.03. The zero-order valence-corrected chi connectivity index (χ0v) is 11.1. The molecule has 2 rings (SSSR count). The molecule has 0 amide bonds. The lowest BCUT2D eigenvalue weighted by molar-refractivity contribution is 0.553. The topological polar surface area (TPSA) is 85.3 Å². The second-order valence-corrected chi connectivity index (χ2v) is 5.91. The van der Waals surface area contributed by atoms with E-state index < -0.39 is 20.7 Å². The summed E-state index contributed by atoms with van der Waals surface area (Å²) in [6.45, 7) is -0.0231. The third-order valence-corrected chi connectivity index (χ3v) is 4.03. The van der Waals surface area contributed by atoms with Gasteiger partial charge >= 0.3 is 0 Å². The molecule has 1 aromatic heterocycles. The van der Waals surface area contributed by atoms with E-state index in [4.69, 9.17) is 21.8 Å². The summed E-state index contributed by atoms with van der Waals surface area (Å²) >= 11 is 5.56. The lowest BCUT2D eigenvalue weighted by Crippen LogP contribution is -2.24. The van der Waals surface area contributed by atoms with Crippen LogP contribution in [0.3, 0.4) is 0 Å². The largest absolute Gasteiger partial charge is 0.472 e. The van der Waals surface area contributed by atoms with Crippen molar-refractivity contribution in [2.75, 3.05) is 5.73 Å². The maximum Gasteiger partial charge on any atom is 0.243 e. The second-order valence-electron chi connectivity index (χ2n) is 3.77. The van der Waals surface area contributed by atoms with Crippen molar-refractivity contribution < 1.29 is 17.2 Å². The van der Waals surface area contributed by atoms with Gasteiger partial charge in [-0.2, -0.15) is 0 Å². The van der Waals surface area contributed by atoms with Crippen LogP contribution >= 0.6 is 11.6 Å². The Morgan fingerprint density at radius 3 is 2.79 bits per heavy atom. The molecular weight excluding hydrogens is 295 g/mol. The molecule has 1 aromatic carbocycles. The SMILES string of the molecule is Nc1cc(Cl)c(F)c(S(=O)(=O)NCc2ccoc2)c1. The molecule has 0 fully saturated rings. The standard InChI is InChI=1S/C11H10ClFN2O3S/c12-9-3-8(14)4-10(11(9)13)19(16,17)15-5-7-1-2-18-6-7/h1-4,6,15H,5,14H2. The Bertz CT molecular complexity index is 686. The highest BCUT2D eigenvalue weighted by molar-refractivity contribution is 7.89. The van der Waals surface area contributed by atoms with Crippen LogP contribution in [0.15, 0.2) is 40.0 Å². The summed E-state index contributed by atoms with van der Waals surface area (Å²) in [6.07, 6.45) is 2.78. The van der Waals surface area contributed by atoms with Crippen molar-refractivity contribution in [2.45, 2.75) is 11.4 Å². The number of nitrogens with two attached hydrogens (primary N) is 1. The Hall–Kier alpha value is -1.57. The molecule has 0 atom stereocenters. The first-order valence-electron chi connectivity index (χ1n) is 5.15. The van der Waals surface area contributed by atoms with Gasteiger partial charge in [0.05, 0.1) is 17.5 Å². The Kier molecular flexibility index (Phi) is 3.79. The van der Waals surface area contributed by atoms with Gasteiger partial charge in [0.25, 0.3) is 0 Å². The number of furan rings is 1. The van der Waals surface area contributed by atoms with E-state index in [2.05, 4.69) is 4.72 Å². The highest BCUT2D eigenvalue weighted by Crippen LogP contribution is 2.25. The van der Waals surface area contributed by atoms with Crippen molar-refractivity contribution in [1.82, 2.24) is 4.72 Å². The van der Waals surface area contributed by atoms with Gasteiger partial charge in [0, 0.05) is 17.8 Å². The molecule has 0 aliphatic rings. The van der Waals surface area contributed by atoms with Crippen LogP contribution in [-0.2, 0) is 16.6 Å². The number of nitrogens with one attached hydrogen (secondary N) is 1. The predicted octanol–water partition coefficient (Wildman–Crippen LogP) is 2.13. The minimum Gasteiger partial charge on any atom is -0.472 e. The molecule has 3 N–H and O–H groups in total. The van der Waals surface area contributed by atoms with E-state index in [1.54, 1.807) is 6.07 Å². The minimum absolute atomic E-state index is 0.0231. The molecule has 0 radical (unpaired) electrons. The third kappa shape index (κ3) is 3.06. The van der Waals surface area contributed by atoms with Crippen molar-refractivity contribution in [1.29, 1.82) is 0 Å². The van der Waals surface area contributed by atoms with E-state index in [1.807, 2.05) is 0 Å². The van der Waals surface area contributed by atoms with Crippen LogP contribution in [0.25, 0.3) is 0 Å². The van der Waals surface area contributed by atoms with Gasteiger partial charge in [0.15, 0.2) is 5.82 Å². The van der Waals surface area contributed by atoms with Crippen molar-refractivity contribution in [2.24, 2.45) is 0 Å². The quantitative estimate of drug-likeness (QED) is 0.847. The van der Waals surface area contributed by atoms with Gasteiger partial charge in [-0.25, -0.2) is 17.5 Å². The molecule has 0 bridgehead atoms. The molecule has 0 spiro atoms. The molecule has 0 aliphatic heterocycles.